The Hall–Kier alpha value is -0.250. The Morgan fingerprint density at radius 1 is 0.778 bits per heavy atom. The van der Waals surface area contributed by atoms with Crippen LogP contribution >= 0.6 is 0 Å². The zero-order valence-electron chi connectivity index (χ0n) is 17.4. The van der Waals surface area contributed by atoms with Crippen molar-refractivity contribution >= 4 is 35.5 Å². The molecule has 0 rings (SSSR count). The average Bonchev–Trinajstić information content (AvgIpc) is 2.60. The van der Waals surface area contributed by atoms with Gasteiger partial charge in [-0.3, -0.25) is 4.79 Å². The second-order valence-electron chi connectivity index (χ2n) is 7.46. The van der Waals surface area contributed by atoms with E-state index >= 15 is 0 Å². The summed E-state index contributed by atoms with van der Waals surface area (Å²) in [6.07, 6.45) is 28.6. The van der Waals surface area contributed by atoms with Gasteiger partial charge in [-0.25, -0.2) is 0 Å². The number of carboxylic acid groups (broad SMARTS) is 1. The van der Waals surface area contributed by atoms with E-state index in [4.69, 9.17) is 5.11 Å². The number of carboxylic acids is 1. The van der Waals surface area contributed by atoms with Crippen molar-refractivity contribution in [2.45, 2.75) is 103 Å². The number of aliphatic carboxylic acids is 1. The van der Waals surface area contributed by atoms with Gasteiger partial charge in [-0.1, -0.05) is 103 Å². The molecule has 0 unspecified atom stereocenters. The van der Waals surface area contributed by atoms with E-state index in [0.29, 0.717) is 0 Å². The standard InChI is InChI=1S/C23H43NO2.Na.H/c1-3-4-5-6-7-8-9-10-11-12-13-14-15-16-17-18-19-20-21-24(2)22-23(25)26;;/h18-21H,3-17,22H2,1-2H3,(H,25,26);;. The van der Waals surface area contributed by atoms with Crippen molar-refractivity contribution < 1.29 is 9.90 Å². The van der Waals surface area contributed by atoms with Gasteiger partial charge < -0.3 is 10.0 Å². The van der Waals surface area contributed by atoms with Gasteiger partial charge in [0.25, 0.3) is 0 Å². The number of carbonyl (C=O) groups is 1. The molecule has 0 aliphatic heterocycles. The molecule has 0 fully saturated rings. The average molecular weight is 390 g/mol. The Labute approximate surface area is 191 Å². The molecule has 0 atom stereocenters. The molecule has 3 nitrogen and oxygen atoms in total. The number of allylic oxidation sites excluding steroid dienone is 3. The maximum atomic E-state index is 10.5. The minimum absolute atomic E-state index is 0. The summed E-state index contributed by atoms with van der Waals surface area (Å²) in [5, 5.41) is 8.64. The monoisotopic (exact) mass is 389 g/mol. The van der Waals surface area contributed by atoms with E-state index in [2.05, 4.69) is 13.0 Å². The van der Waals surface area contributed by atoms with E-state index in [9.17, 15) is 4.79 Å². The molecule has 0 amide bonds. The summed E-state index contributed by atoms with van der Waals surface area (Å²) in [6, 6.07) is 0. The molecule has 4 heteroatoms. The number of unbranched alkanes of at least 4 members (excludes halogenated alkanes) is 14. The van der Waals surface area contributed by atoms with Crippen molar-refractivity contribution in [1.29, 1.82) is 0 Å². The van der Waals surface area contributed by atoms with Gasteiger partial charge in [0.2, 0.25) is 0 Å². The Balaban J connectivity index is 0. The van der Waals surface area contributed by atoms with Crippen LogP contribution in [0.4, 0.5) is 0 Å². The predicted octanol–water partition coefficient (Wildman–Crippen LogP) is 6.30. The van der Waals surface area contributed by atoms with E-state index in [1.165, 1.54) is 89.9 Å². The van der Waals surface area contributed by atoms with Crippen molar-refractivity contribution in [2.75, 3.05) is 13.6 Å². The quantitative estimate of drug-likeness (QED) is 0.160. The molecule has 0 spiro atoms. The predicted molar refractivity (Wildman–Crippen MR) is 121 cm³/mol. The van der Waals surface area contributed by atoms with Crippen molar-refractivity contribution in [3.63, 3.8) is 0 Å². The van der Waals surface area contributed by atoms with Crippen LogP contribution in [-0.4, -0.2) is 59.1 Å². The molecule has 0 radical (unpaired) electrons. The van der Waals surface area contributed by atoms with E-state index in [1.807, 2.05) is 12.2 Å². The number of rotatable bonds is 19. The zero-order valence-corrected chi connectivity index (χ0v) is 17.4. The first-order chi connectivity index (χ1) is 12.7. The van der Waals surface area contributed by atoms with E-state index in [0.717, 1.165) is 6.42 Å². The fourth-order valence-corrected chi connectivity index (χ4v) is 3.09. The molecular formula is C23H44NNaO2. The third-order valence-corrected chi connectivity index (χ3v) is 4.70. The second kappa shape index (κ2) is 23.8. The number of nitrogens with zero attached hydrogens (tertiary/aromatic N) is 1. The molecule has 27 heavy (non-hydrogen) atoms. The number of hydrogen-bond acceptors (Lipinski definition) is 2. The van der Waals surface area contributed by atoms with Crippen LogP contribution in [0.1, 0.15) is 103 Å². The van der Waals surface area contributed by atoms with E-state index < -0.39 is 5.97 Å². The molecule has 0 aromatic rings. The van der Waals surface area contributed by atoms with Gasteiger partial charge in [-0.05, 0) is 25.1 Å². The van der Waals surface area contributed by atoms with Crippen LogP contribution in [0.25, 0.3) is 0 Å². The van der Waals surface area contributed by atoms with E-state index in [1.54, 1.807) is 18.1 Å². The molecule has 1 N–H and O–H groups in total. The minimum atomic E-state index is -0.802. The van der Waals surface area contributed by atoms with Crippen LogP contribution in [0.15, 0.2) is 24.4 Å². The number of hydrogen-bond donors (Lipinski definition) is 1. The van der Waals surface area contributed by atoms with Gasteiger partial charge in [0.15, 0.2) is 0 Å². The Morgan fingerprint density at radius 2 is 1.22 bits per heavy atom. The fraction of sp³-hybridized carbons (Fsp3) is 0.783. The summed E-state index contributed by atoms with van der Waals surface area (Å²) in [6.45, 7) is 2.32. The summed E-state index contributed by atoms with van der Waals surface area (Å²) in [5.74, 6) is -0.802. The van der Waals surface area contributed by atoms with Crippen molar-refractivity contribution in [1.82, 2.24) is 4.90 Å². The van der Waals surface area contributed by atoms with Crippen LogP contribution in [0.3, 0.4) is 0 Å². The van der Waals surface area contributed by atoms with Gasteiger partial charge in [-0.2, -0.15) is 0 Å². The van der Waals surface area contributed by atoms with Crippen LogP contribution in [-0.2, 0) is 4.79 Å². The first kappa shape index (κ1) is 29.0. The summed E-state index contributed by atoms with van der Waals surface area (Å²) in [7, 11) is 1.77. The van der Waals surface area contributed by atoms with Crippen molar-refractivity contribution in [3.8, 4) is 0 Å². The Bertz CT molecular complexity index is 369. The molecule has 0 saturated heterocycles. The molecule has 0 aromatic carbocycles. The van der Waals surface area contributed by atoms with E-state index in [-0.39, 0.29) is 36.1 Å². The Kier molecular flexibility index (Phi) is 25.5. The third kappa shape index (κ3) is 25.8. The van der Waals surface area contributed by atoms with Crippen LogP contribution in [0.5, 0.6) is 0 Å². The summed E-state index contributed by atoms with van der Waals surface area (Å²) < 4.78 is 0. The third-order valence-electron chi connectivity index (χ3n) is 4.70. The van der Waals surface area contributed by atoms with Crippen molar-refractivity contribution in [2.24, 2.45) is 0 Å². The van der Waals surface area contributed by atoms with Gasteiger partial charge in [0.05, 0.1) is 0 Å². The zero-order chi connectivity index (χ0) is 19.3. The van der Waals surface area contributed by atoms with Crippen LogP contribution in [0, 0.1) is 0 Å². The SMILES string of the molecule is CCCCCCCCCCCCCCCCC=CC=CN(C)CC(=O)O.[NaH]. The van der Waals surface area contributed by atoms with Crippen LogP contribution < -0.4 is 0 Å². The molecular weight excluding hydrogens is 345 g/mol. The maximum absolute atomic E-state index is 10.5. The summed E-state index contributed by atoms with van der Waals surface area (Å²) >= 11 is 0. The van der Waals surface area contributed by atoms with Gasteiger partial charge in [0, 0.05) is 7.05 Å². The molecule has 0 heterocycles. The molecule has 0 aromatic heterocycles. The normalized spacial score (nSPS) is 11.2. The summed E-state index contributed by atoms with van der Waals surface area (Å²) in [4.78, 5) is 12.2. The molecule has 0 aliphatic rings. The number of likely N-dealkylation sites (N-methyl/N-ethyl adjacent to an activating group) is 1. The first-order valence-corrected chi connectivity index (χ1v) is 10.9. The fourth-order valence-electron chi connectivity index (χ4n) is 3.09. The molecule has 154 valence electrons. The Morgan fingerprint density at radius 3 is 1.67 bits per heavy atom. The second-order valence-corrected chi connectivity index (χ2v) is 7.46. The van der Waals surface area contributed by atoms with Gasteiger partial charge >= 0.3 is 35.5 Å². The molecule has 0 saturated carbocycles. The van der Waals surface area contributed by atoms with Crippen molar-refractivity contribution in [3.05, 3.63) is 24.4 Å². The van der Waals surface area contributed by atoms with Crippen LogP contribution in [0.2, 0.25) is 0 Å². The molecule has 0 bridgehead atoms. The van der Waals surface area contributed by atoms with Gasteiger partial charge in [-0.15, -0.1) is 0 Å². The summed E-state index contributed by atoms with van der Waals surface area (Å²) in [5.41, 5.74) is 0. The first-order valence-electron chi connectivity index (χ1n) is 10.9. The van der Waals surface area contributed by atoms with Gasteiger partial charge in [0.1, 0.15) is 6.54 Å². The topological polar surface area (TPSA) is 40.5 Å². The molecule has 0 aliphatic carbocycles.